The molecule has 0 radical (unpaired) electrons. The molecule has 0 amide bonds. The maximum Gasteiger partial charge on any atom is 0.324 e. The molecule has 0 aromatic heterocycles. The van der Waals surface area contributed by atoms with Crippen molar-refractivity contribution in [2.45, 2.75) is 57.9 Å². The van der Waals surface area contributed by atoms with Gasteiger partial charge in [-0.25, -0.2) is 0 Å². The highest BCUT2D eigenvalue weighted by Crippen LogP contribution is 2.25. The van der Waals surface area contributed by atoms with Gasteiger partial charge in [-0.15, -0.1) is 0 Å². The van der Waals surface area contributed by atoms with Crippen LogP contribution in [-0.4, -0.2) is 34.6 Å². The summed E-state index contributed by atoms with van der Waals surface area (Å²) in [6.07, 6.45) is 6.25. The van der Waals surface area contributed by atoms with Gasteiger partial charge in [0.15, 0.2) is 0 Å². The predicted octanol–water partition coefficient (Wildman–Crippen LogP) is 3.51. The van der Waals surface area contributed by atoms with Gasteiger partial charge < -0.3 is 5.11 Å². The van der Waals surface area contributed by atoms with Gasteiger partial charge >= 0.3 is 5.97 Å². The largest absolute Gasteiger partial charge is 0.480 e. The molecule has 21 heavy (non-hydrogen) atoms. The van der Waals surface area contributed by atoms with Gasteiger partial charge in [0.05, 0.1) is 0 Å². The van der Waals surface area contributed by atoms with Crippen LogP contribution in [0.4, 0.5) is 0 Å². The number of rotatable bonds is 5. The van der Waals surface area contributed by atoms with E-state index in [-0.39, 0.29) is 0 Å². The van der Waals surface area contributed by atoms with Crippen molar-refractivity contribution in [2.75, 3.05) is 13.1 Å². The van der Waals surface area contributed by atoms with Crippen molar-refractivity contribution >= 4 is 5.97 Å². The van der Waals surface area contributed by atoms with E-state index < -0.39 is 11.5 Å². The van der Waals surface area contributed by atoms with Crippen LogP contribution in [0.5, 0.6) is 0 Å². The lowest BCUT2D eigenvalue weighted by atomic mass is 9.90. The Labute approximate surface area is 128 Å². The number of nitrogens with zero attached hydrogens (tertiary/aromatic N) is 1. The number of hydrogen-bond acceptors (Lipinski definition) is 2. The van der Waals surface area contributed by atoms with Crippen molar-refractivity contribution in [1.29, 1.82) is 0 Å². The molecule has 0 bridgehead atoms. The molecule has 0 spiro atoms. The molecule has 1 atom stereocenters. The van der Waals surface area contributed by atoms with E-state index >= 15 is 0 Å². The minimum atomic E-state index is -0.794. The maximum absolute atomic E-state index is 11.9. The van der Waals surface area contributed by atoms with Crippen molar-refractivity contribution in [2.24, 2.45) is 0 Å². The summed E-state index contributed by atoms with van der Waals surface area (Å²) >= 11 is 0. The minimum absolute atomic E-state index is 0.576. The smallest absolute Gasteiger partial charge is 0.324 e. The number of hydrogen-bond donors (Lipinski definition) is 1. The summed E-state index contributed by atoms with van der Waals surface area (Å²) in [5.41, 5.74) is 1.62. The molecule has 3 nitrogen and oxygen atoms in total. The fourth-order valence-corrected chi connectivity index (χ4v) is 3.18. The fraction of sp³-hybridized carbons (Fsp3) is 0.611. The van der Waals surface area contributed by atoms with Gasteiger partial charge in [-0.3, -0.25) is 9.69 Å². The normalized spacial score (nSPS) is 19.7. The lowest BCUT2D eigenvalue weighted by molar-refractivity contribution is -0.150. The Balaban J connectivity index is 2.17. The van der Waals surface area contributed by atoms with Gasteiger partial charge in [-0.05, 0) is 50.4 Å². The van der Waals surface area contributed by atoms with Gasteiger partial charge in [0.2, 0.25) is 0 Å². The first-order valence-electron chi connectivity index (χ1n) is 8.12. The number of benzene rings is 1. The maximum atomic E-state index is 11.9. The van der Waals surface area contributed by atoms with Crippen LogP contribution >= 0.6 is 0 Å². The Morgan fingerprint density at radius 3 is 2.10 bits per heavy atom. The SMILES string of the molecule is CCc1ccc(CC(C)(C(=O)O)N2CCCCCC2)cc1. The molecule has 1 aromatic carbocycles. The molecule has 1 aliphatic heterocycles. The standard InChI is InChI=1S/C18H27NO2/c1-3-15-8-10-16(11-9-15)14-18(2,17(20)21)19-12-6-4-5-7-13-19/h8-11H,3-7,12-14H2,1-2H3,(H,20,21). The highest BCUT2D eigenvalue weighted by molar-refractivity contribution is 5.78. The number of carboxylic acids is 1. The van der Waals surface area contributed by atoms with Crippen LogP contribution in [0.3, 0.4) is 0 Å². The zero-order valence-electron chi connectivity index (χ0n) is 13.3. The highest BCUT2D eigenvalue weighted by atomic mass is 16.4. The summed E-state index contributed by atoms with van der Waals surface area (Å²) in [7, 11) is 0. The van der Waals surface area contributed by atoms with Gasteiger partial charge in [0, 0.05) is 6.42 Å². The van der Waals surface area contributed by atoms with Crippen LogP contribution in [0.15, 0.2) is 24.3 Å². The first kappa shape index (κ1) is 16.0. The van der Waals surface area contributed by atoms with Crippen molar-refractivity contribution in [3.05, 3.63) is 35.4 Å². The van der Waals surface area contributed by atoms with E-state index in [1.165, 1.54) is 18.4 Å². The third-order valence-corrected chi connectivity index (χ3v) is 4.74. The second-order valence-electron chi connectivity index (χ2n) is 6.33. The van der Waals surface area contributed by atoms with E-state index in [0.29, 0.717) is 6.42 Å². The van der Waals surface area contributed by atoms with Crippen LogP contribution < -0.4 is 0 Å². The molecule has 1 N–H and O–H groups in total. The Hall–Kier alpha value is -1.35. The zero-order chi connectivity index (χ0) is 15.3. The molecule has 0 aliphatic carbocycles. The molecular formula is C18H27NO2. The molecule has 1 aromatic rings. The first-order chi connectivity index (χ1) is 10.1. The minimum Gasteiger partial charge on any atom is -0.480 e. The van der Waals surface area contributed by atoms with Crippen LogP contribution in [0.2, 0.25) is 0 Å². The molecule has 1 heterocycles. The summed E-state index contributed by atoms with van der Waals surface area (Å²) in [5.74, 6) is -0.705. The van der Waals surface area contributed by atoms with E-state index in [4.69, 9.17) is 0 Å². The molecule has 0 saturated carbocycles. The number of carboxylic acid groups (broad SMARTS) is 1. The van der Waals surface area contributed by atoms with Gasteiger partial charge in [-0.1, -0.05) is 44.0 Å². The average Bonchev–Trinajstić information content (AvgIpc) is 2.77. The molecule has 1 aliphatic rings. The van der Waals surface area contributed by atoms with Crippen molar-refractivity contribution in [3.63, 3.8) is 0 Å². The topological polar surface area (TPSA) is 40.5 Å². The quantitative estimate of drug-likeness (QED) is 0.901. The fourth-order valence-electron chi connectivity index (χ4n) is 3.18. The highest BCUT2D eigenvalue weighted by Gasteiger charge is 2.39. The van der Waals surface area contributed by atoms with E-state index in [1.54, 1.807) is 0 Å². The molecule has 2 rings (SSSR count). The Morgan fingerprint density at radius 1 is 1.10 bits per heavy atom. The predicted molar refractivity (Wildman–Crippen MR) is 85.6 cm³/mol. The van der Waals surface area contributed by atoms with E-state index in [9.17, 15) is 9.90 Å². The summed E-state index contributed by atoms with van der Waals surface area (Å²) in [6, 6.07) is 8.38. The van der Waals surface area contributed by atoms with Crippen LogP contribution in [0, 0.1) is 0 Å². The second-order valence-corrected chi connectivity index (χ2v) is 6.33. The average molecular weight is 289 g/mol. The summed E-state index contributed by atoms with van der Waals surface area (Å²) in [4.78, 5) is 14.1. The Kier molecular flexibility index (Phi) is 5.40. The summed E-state index contributed by atoms with van der Waals surface area (Å²) in [6.45, 7) is 5.81. The second kappa shape index (κ2) is 7.08. The Morgan fingerprint density at radius 2 is 1.62 bits per heavy atom. The number of aryl methyl sites for hydroxylation is 1. The van der Waals surface area contributed by atoms with Gasteiger partial charge in [0.1, 0.15) is 5.54 Å². The van der Waals surface area contributed by atoms with Crippen LogP contribution in [0.1, 0.15) is 50.7 Å². The van der Waals surface area contributed by atoms with Crippen molar-refractivity contribution in [3.8, 4) is 0 Å². The van der Waals surface area contributed by atoms with Crippen molar-refractivity contribution in [1.82, 2.24) is 4.90 Å². The molecule has 3 heteroatoms. The van der Waals surface area contributed by atoms with E-state index in [0.717, 1.165) is 37.9 Å². The molecule has 1 saturated heterocycles. The van der Waals surface area contributed by atoms with E-state index in [2.05, 4.69) is 36.1 Å². The lowest BCUT2D eigenvalue weighted by Crippen LogP contribution is -2.54. The summed E-state index contributed by atoms with van der Waals surface area (Å²) < 4.78 is 0. The number of likely N-dealkylation sites (tertiary alicyclic amines) is 1. The number of carbonyl (C=O) groups is 1. The third-order valence-electron chi connectivity index (χ3n) is 4.74. The van der Waals surface area contributed by atoms with E-state index in [1.807, 2.05) is 6.92 Å². The monoisotopic (exact) mass is 289 g/mol. The number of aliphatic carboxylic acids is 1. The summed E-state index contributed by atoms with van der Waals surface area (Å²) in [5, 5.41) is 9.80. The third kappa shape index (κ3) is 3.85. The zero-order valence-corrected chi connectivity index (χ0v) is 13.3. The lowest BCUT2D eigenvalue weighted by Gasteiger charge is -2.37. The van der Waals surface area contributed by atoms with Gasteiger partial charge in [0.25, 0.3) is 0 Å². The van der Waals surface area contributed by atoms with Gasteiger partial charge in [-0.2, -0.15) is 0 Å². The van der Waals surface area contributed by atoms with Crippen LogP contribution in [0.25, 0.3) is 0 Å². The molecular weight excluding hydrogens is 262 g/mol. The first-order valence-corrected chi connectivity index (χ1v) is 8.12. The van der Waals surface area contributed by atoms with Crippen molar-refractivity contribution < 1.29 is 9.90 Å². The molecule has 116 valence electrons. The molecule has 1 unspecified atom stereocenters. The Bertz CT molecular complexity index is 461. The van der Waals surface area contributed by atoms with Crippen LogP contribution in [-0.2, 0) is 17.6 Å². The molecule has 1 fully saturated rings.